The van der Waals surface area contributed by atoms with Crippen molar-refractivity contribution in [3.05, 3.63) is 29.8 Å². The molecule has 2 saturated heterocycles. The van der Waals surface area contributed by atoms with Crippen LogP contribution in [-0.2, 0) is 4.79 Å². The van der Waals surface area contributed by atoms with Gasteiger partial charge in [-0.25, -0.2) is 0 Å². The molecule has 3 rings (SSSR count). The Morgan fingerprint density at radius 1 is 1.42 bits per heavy atom. The van der Waals surface area contributed by atoms with Crippen molar-refractivity contribution in [2.75, 3.05) is 38.6 Å². The molecule has 2 aliphatic heterocycles. The molecule has 2 aliphatic rings. The van der Waals surface area contributed by atoms with Crippen LogP contribution in [0.25, 0.3) is 0 Å². The molecule has 0 aliphatic carbocycles. The van der Waals surface area contributed by atoms with Gasteiger partial charge in [-0.15, -0.1) is 0 Å². The van der Waals surface area contributed by atoms with E-state index in [-0.39, 0.29) is 18.4 Å². The summed E-state index contributed by atoms with van der Waals surface area (Å²) in [6.07, 6.45) is 1.21. The average Bonchev–Trinajstić information content (AvgIpc) is 2.59. The Kier molecular flexibility index (Phi) is 4.49. The number of piperidine rings is 2. The van der Waals surface area contributed by atoms with E-state index in [4.69, 9.17) is 0 Å². The number of aliphatic hydroxyl groups is 1. The van der Waals surface area contributed by atoms with Gasteiger partial charge in [0.15, 0.2) is 0 Å². The quantitative estimate of drug-likeness (QED) is 0.843. The van der Waals surface area contributed by atoms with Gasteiger partial charge in [0, 0.05) is 45.0 Å². The number of likely N-dealkylation sites (tertiary alicyclic amines) is 1. The first-order chi connectivity index (χ1) is 11.4. The summed E-state index contributed by atoms with van der Waals surface area (Å²) >= 11 is 0. The summed E-state index contributed by atoms with van der Waals surface area (Å²) in [6, 6.07) is 7.48. The van der Waals surface area contributed by atoms with Crippen molar-refractivity contribution in [2.24, 2.45) is 5.41 Å². The predicted molar refractivity (Wildman–Crippen MR) is 92.0 cm³/mol. The Balaban J connectivity index is 1.83. The SMILES string of the molecule is CN(C)c1cccc(C(=O)N2CC[C@@H](O)[C@@]3(CCCNC3=O)C2)c1. The second-order valence-corrected chi connectivity index (χ2v) is 6.99. The van der Waals surface area contributed by atoms with Gasteiger partial charge in [-0.2, -0.15) is 0 Å². The maximum atomic E-state index is 12.9. The molecule has 1 aromatic carbocycles. The molecule has 0 saturated carbocycles. The summed E-state index contributed by atoms with van der Waals surface area (Å²) in [5, 5.41) is 13.3. The van der Waals surface area contributed by atoms with Crippen LogP contribution in [0.2, 0.25) is 0 Å². The van der Waals surface area contributed by atoms with Gasteiger partial charge in [-0.05, 0) is 37.5 Å². The van der Waals surface area contributed by atoms with E-state index in [1.165, 1.54) is 0 Å². The molecule has 2 atom stereocenters. The lowest BCUT2D eigenvalue weighted by Gasteiger charge is -2.46. The van der Waals surface area contributed by atoms with Crippen LogP contribution < -0.4 is 10.2 Å². The fourth-order valence-corrected chi connectivity index (χ4v) is 3.72. The second-order valence-electron chi connectivity index (χ2n) is 6.99. The van der Waals surface area contributed by atoms with Gasteiger partial charge >= 0.3 is 0 Å². The molecule has 2 heterocycles. The van der Waals surface area contributed by atoms with Gasteiger partial charge in [-0.3, -0.25) is 9.59 Å². The molecule has 1 aromatic rings. The first-order valence-corrected chi connectivity index (χ1v) is 8.47. The highest BCUT2D eigenvalue weighted by Crippen LogP contribution is 2.37. The highest BCUT2D eigenvalue weighted by Gasteiger charge is 2.50. The molecular weight excluding hydrogens is 306 g/mol. The summed E-state index contributed by atoms with van der Waals surface area (Å²) < 4.78 is 0. The third-order valence-electron chi connectivity index (χ3n) is 5.22. The predicted octanol–water partition coefficient (Wildman–Crippen LogP) is 0.856. The molecule has 130 valence electrons. The van der Waals surface area contributed by atoms with Crippen molar-refractivity contribution in [3.63, 3.8) is 0 Å². The molecule has 1 spiro atoms. The topological polar surface area (TPSA) is 72.9 Å². The van der Waals surface area contributed by atoms with Crippen LogP contribution in [0.4, 0.5) is 5.69 Å². The van der Waals surface area contributed by atoms with E-state index in [9.17, 15) is 14.7 Å². The fraction of sp³-hybridized carbons (Fsp3) is 0.556. The maximum Gasteiger partial charge on any atom is 0.253 e. The van der Waals surface area contributed by atoms with Crippen LogP contribution >= 0.6 is 0 Å². The van der Waals surface area contributed by atoms with E-state index in [1.807, 2.05) is 37.2 Å². The molecular formula is C18H25N3O3. The number of carbonyl (C=O) groups is 2. The highest BCUT2D eigenvalue weighted by molar-refractivity contribution is 5.96. The number of anilines is 1. The van der Waals surface area contributed by atoms with Crippen molar-refractivity contribution in [1.29, 1.82) is 0 Å². The number of benzene rings is 1. The molecule has 24 heavy (non-hydrogen) atoms. The Morgan fingerprint density at radius 2 is 2.21 bits per heavy atom. The van der Waals surface area contributed by atoms with Gasteiger partial charge in [-0.1, -0.05) is 6.07 Å². The number of nitrogens with one attached hydrogen (secondary N) is 1. The van der Waals surface area contributed by atoms with Crippen LogP contribution in [0.3, 0.4) is 0 Å². The van der Waals surface area contributed by atoms with E-state index in [0.717, 1.165) is 12.1 Å². The highest BCUT2D eigenvalue weighted by atomic mass is 16.3. The molecule has 0 bridgehead atoms. The summed E-state index contributed by atoms with van der Waals surface area (Å²) in [5.41, 5.74) is 0.720. The van der Waals surface area contributed by atoms with Crippen LogP contribution in [0.5, 0.6) is 0 Å². The van der Waals surface area contributed by atoms with E-state index in [1.54, 1.807) is 11.0 Å². The van der Waals surface area contributed by atoms with Crippen molar-refractivity contribution in [2.45, 2.75) is 25.4 Å². The molecule has 6 heteroatoms. The first-order valence-electron chi connectivity index (χ1n) is 8.47. The molecule has 0 aromatic heterocycles. The number of aliphatic hydroxyl groups excluding tert-OH is 1. The van der Waals surface area contributed by atoms with Crippen LogP contribution in [-0.4, -0.2) is 61.7 Å². The summed E-state index contributed by atoms with van der Waals surface area (Å²) in [5.74, 6) is -0.204. The Morgan fingerprint density at radius 3 is 2.92 bits per heavy atom. The zero-order valence-corrected chi connectivity index (χ0v) is 14.3. The molecule has 6 nitrogen and oxygen atoms in total. The van der Waals surface area contributed by atoms with Gasteiger partial charge < -0.3 is 20.2 Å². The maximum absolute atomic E-state index is 12.9. The standard InChI is InChI=1S/C18H25N3O3/c1-20(2)14-6-3-5-13(11-14)16(23)21-10-7-15(22)18(12-21)8-4-9-19-17(18)24/h3,5-6,11,15,22H,4,7-10,12H2,1-2H3,(H,19,24)/t15-,18-/m1/s1. The summed E-state index contributed by atoms with van der Waals surface area (Å²) in [6.45, 7) is 1.40. The molecule has 0 radical (unpaired) electrons. The lowest BCUT2D eigenvalue weighted by Crippen LogP contribution is -2.62. The third-order valence-corrected chi connectivity index (χ3v) is 5.22. The fourth-order valence-electron chi connectivity index (χ4n) is 3.72. The van der Waals surface area contributed by atoms with Gasteiger partial charge in [0.25, 0.3) is 5.91 Å². The van der Waals surface area contributed by atoms with Gasteiger partial charge in [0.2, 0.25) is 5.91 Å². The number of rotatable bonds is 2. The minimum atomic E-state index is -0.856. The molecule has 2 amide bonds. The van der Waals surface area contributed by atoms with Crippen LogP contribution in [0.1, 0.15) is 29.6 Å². The van der Waals surface area contributed by atoms with Crippen molar-refractivity contribution < 1.29 is 14.7 Å². The lowest BCUT2D eigenvalue weighted by atomic mass is 9.71. The summed E-state index contributed by atoms with van der Waals surface area (Å²) in [4.78, 5) is 29.0. The molecule has 2 fully saturated rings. The Hall–Kier alpha value is -2.08. The Labute approximate surface area is 142 Å². The minimum Gasteiger partial charge on any atom is -0.392 e. The first kappa shape index (κ1) is 16.8. The molecule has 2 N–H and O–H groups in total. The van der Waals surface area contributed by atoms with Gasteiger partial charge in [0.1, 0.15) is 0 Å². The van der Waals surface area contributed by atoms with Crippen molar-refractivity contribution >= 4 is 17.5 Å². The zero-order chi connectivity index (χ0) is 17.3. The van der Waals surface area contributed by atoms with Crippen LogP contribution in [0.15, 0.2) is 24.3 Å². The smallest absolute Gasteiger partial charge is 0.253 e. The van der Waals surface area contributed by atoms with Crippen molar-refractivity contribution in [3.8, 4) is 0 Å². The Bertz CT molecular complexity index is 646. The third kappa shape index (κ3) is 2.86. The normalized spacial score (nSPS) is 27.0. The lowest BCUT2D eigenvalue weighted by molar-refractivity contribution is -0.147. The minimum absolute atomic E-state index is 0.0802. The number of amides is 2. The van der Waals surface area contributed by atoms with E-state index < -0.39 is 11.5 Å². The zero-order valence-electron chi connectivity index (χ0n) is 14.3. The molecule has 0 unspecified atom stereocenters. The second kappa shape index (κ2) is 6.43. The number of nitrogens with zero attached hydrogens (tertiary/aromatic N) is 2. The average molecular weight is 331 g/mol. The number of hydrogen-bond acceptors (Lipinski definition) is 4. The summed E-state index contributed by atoms with van der Waals surface area (Å²) in [7, 11) is 3.87. The largest absolute Gasteiger partial charge is 0.392 e. The van der Waals surface area contributed by atoms with Crippen molar-refractivity contribution in [1.82, 2.24) is 10.2 Å². The van der Waals surface area contributed by atoms with E-state index in [2.05, 4.69) is 5.32 Å². The van der Waals surface area contributed by atoms with Gasteiger partial charge in [0.05, 0.1) is 11.5 Å². The number of hydrogen-bond donors (Lipinski definition) is 2. The number of carbonyl (C=O) groups excluding carboxylic acids is 2. The van der Waals surface area contributed by atoms with E-state index >= 15 is 0 Å². The van der Waals surface area contributed by atoms with Crippen LogP contribution in [0, 0.1) is 5.41 Å². The van der Waals surface area contributed by atoms with E-state index in [0.29, 0.717) is 31.5 Å². The monoisotopic (exact) mass is 331 g/mol.